The summed E-state index contributed by atoms with van der Waals surface area (Å²) in [4.78, 5) is 22.0. The fraction of sp³-hybridized carbons (Fsp3) is 0.222. The first-order chi connectivity index (χ1) is 11.2. The molecule has 2 heterocycles. The number of rotatable bonds is 3. The van der Waals surface area contributed by atoms with E-state index in [9.17, 15) is 4.79 Å². The predicted octanol–water partition coefficient (Wildman–Crippen LogP) is 3.18. The standard InChI is InChI=1S/C18H16ClN3O/c19-13-5-6-15-14(11-13)18(23)21-17(20-15)8-10-22-9-7-12-3-1-2-4-16(12)22/h1-6,11H,7-10H2,(H,20,21,23). The molecule has 0 unspecified atom stereocenters. The maximum atomic E-state index is 12.2. The van der Waals surface area contributed by atoms with E-state index in [4.69, 9.17) is 11.6 Å². The molecule has 0 aliphatic carbocycles. The van der Waals surface area contributed by atoms with Gasteiger partial charge in [-0.3, -0.25) is 4.79 Å². The Bertz CT molecular complexity index is 935. The van der Waals surface area contributed by atoms with E-state index < -0.39 is 0 Å². The molecule has 0 spiro atoms. The third kappa shape index (κ3) is 2.70. The van der Waals surface area contributed by atoms with Crippen LogP contribution in [0.4, 0.5) is 5.69 Å². The van der Waals surface area contributed by atoms with Crippen molar-refractivity contribution < 1.29 is 0 Å². The van der Waals surface area contributed by atoms with Crippen molar-refractivity contribution in [3.63, 3.8) is 0 Å². The lowest BCUT2D eigenvalue weighted by molar-refractivity contribution is 0.780. The topological polar surface area (TPSA) is 49.0 Å². The summed E-state index contributed by atoms with van der Waals surface area (Å²) in [6.07, 6.45) is 1.79. The summed E-state index contributed by atoms with van der Waals surface area (Å²) in [5.41, 5.74) is 3.24. The Hall–Kier alpha value is -2.33. The fourth-order valence-corrected chi connectivity index (χ4v) is 3.33. The number of nitrogens with one attached hydrogen (secondary N) is 1. The summed E-state index contributed by atoms with van der Waals surface area (Å²) < 4.78 is 0. The average Bonchev–Trinajstić information content (AvgIpc) is 2.97. The van der Waals surface area contributed by atoms with Crippen LogP contribution in [0.5, 0.6) is 0 Å². The zero-order chi connectivity index (χ0) is 15.8. The van der Waals surface area contributed by atoms with Gasteiger partial charge < -0.3 is 9.88 Å². The van der Waals surface area contributed by atoms with Crippen LogP contribution in [0.25, 0.3) is 10.9 Å². The minimum atomic E-state index is -0.130. The first kappa shape index (κ1) is 14.3. The molecule has 4 rings (SSSR count). The van der Waals surface area contributed by atoms with E-state index in [1.54, 1.807) is 18.2 Å². The van der Waals surface area contributed by atoms with Gasteiger partial charge in [-0.2, -0.15) is 0 Å². The van der Waals surface area contributed by atoms with Crippen LogP contribution in [-0.4, -0.2) is 23.1 Å². The van der Waals surface area contributed by atoms with E-state index in [0.717, 1.165) is 19.5 Å². The lowest BCUT2D eigenvalue weighted by atomic mass is 10.2. The molecule has 1 N–H and O–H groups in total. The quantitative estimate of drug-likeness (QED) is 0.804. The van der Waals surface area contributed by atoms with Gasteiger partial charge in [0.15, 0.2) is 0 Å². The van der Waals surface area contributed by atoms with Crippen molar-refractivity contribution in [1.82, 2.24) is 9.97 Å². The molecular formula is C18H16ClN3O. The van der Waals surface area contributed by atoms with Crippen molar-refractivity contribution >= 4 is 28.2 Å². The summed E-state index contributed by atoms with van der Waals surface area (Å²) in [6.45, 7) is 1.87. The molecule has 0 atom stereocenters. The van der Waals surface area contributed by atoms with Crippen LogP contribution >= 0.6 is 11.6 Å². The summed E-state index contributed by atoms with van der Waals surface area (Å²) in [5, 5.41) is 1.08. The molecule has 0 fully saturated rings. The van der Waals surface area contributed by atoms with Crippen LogP contribution in [0.15, 0.2) is 47.3 Å². The number of aromatic nitrogens is 2. The molecule has 5 heteroatoms. The smallest absolute Gasteiger partial charge is 0.258 e. The number of nitrogens with zero attached hydrogens (tertiary/aromatic N) is 2. The number of halogens is 1. The van der Waals surface area contributed by atoms with Crippen LogP contribution in [0.3, 0.4) is 0 Å². The van der Waals surface area contributed by atoms with Gasteiger partial charge in [0.25, 0.3) is 5.56 Å². The summed E-state index contributed by atoms with van der Waals surface area (Å²) in [6, 6.07) is 13.7. The molecule has 1 aliphatic rings. The van der Waals surface area contributed by atoms with Gasteiger partial charge in [-0.1, -0.05) is 29.8 Å². The summed E-state index contributed by atoms with van der Waals surface area (Å²) >= 11 is 5.94. The number of para-hydroxylation sites is 1. The molecule has 0 saturated carbocycles. The van der Waals surface area contributed by atoms with E-state index >= 15 is 0 Å². The van der Waals surface area contributed by atoms with Gasteiger partial charge in [-0.25, -0.2) is 4.98 Å². The van der Waals surface area contributed by atoms with E-state index in [0.29, 0.717) is 28.2 Å². The average molecular weight is 326 g/mol. The van der Waals surface area contributed by atoms with Crippen molar-refractivity contribution in [1.29, 1.82) is 0 Å². The first-order valence-electron chi connectivity index (χ1n) is 7.72. The molecule has 4 nitrogen and oxygen atoms in total. The van der Waals surface area contributed by atoms with Gasteiger partial charge in [0, 0.05) is 30.2 Å². The van der Waals surface area contributed by atoms with Gasteiger partial charge in [0.2, 0.25) is 0 Å². The van der Waals surface area contributed by atoms with Crippen molar-refractivity contribution in [3.8, 4) is 0 Å². The van der Waals surface area contributed by atoms with Crippen LogP contribution < -0.4 is 10.5 Å². The molecular weight excluding hydrogens is 310 g/mol. The molecule has 1 aromatic heterocycles. The Morgan fingerprint density at radius 3 is 3.00 bits per heavy atom. The van der Waals surface area contributed by atoms with Crippen molar-refractivity contribution in [2.75, 3.05) is 18.0 Å². The second-order valence-electron chi connectivity index (χ2n) is 5.79. The van der Waals surface area contributed by atoms with Crippen molar-refractivity contribution in [2.45, 2.75) is 12.8 Å². The molecule has 0 radical (unpaired) electrons. The van der Waals surface area contributed by atoms with E-state index in [2.05, 4.69) is 39.1 Å². The maximum Gasteiger partial charge on any atom is 0.258 e. The minimum Gasteiger partial charge on any atom is -0.371 e. The van der Waals surface area contributed by atoms with Crippen LogP contribution in [0.2, 0.25) is 5.02 Å². The lowest BCUT2D eigenvalue weighted by Crippen LogP contribution is -2.25. The zero-order valence-corrected chi connectivity index (χ0v) is 13.3. The highest BCUT2D eigenvalue weighted by atomic mass is 35.5. The maximum absolute atomic E-state index is 12.2. The number of benzene rings is 2. The number of hydrogen-bond donors (Lipinski definition) is 1. The number of aromatic amines is 1. The fourth-order valence-electron chi connectivity index (χ4n) is 3.16. The van der Waals surface area contributed by atoms with Crippen molar-refractivity contribution in [2.24, 2.45) is 0 Å². The molecule has 116 valence electrons. The zero-order valence-electron chi connectivity index (χ0n) is 12.6. The monoisotopic (exact) mass is 325 g/mol. The van der Waals surface area contributed by atoms with Gasteiger partial charge in [-0.05, 0) is 36.2 Å². The third-order valence-electron chi connectivity index (χ3n) is 4.32. The molecule has 2 aromatic carbocycles. The van der Waals surface area contributed by atoms with E-state index in [1.165, 1.54) is 11.3 Å². The molecule has 0 bridgehead atoms. The third-order valence-corrected chi connectivity index (χ3v) is 4.55. The highest BCUT2D eigenvalue weighted by Crippen LogP contribution is 2.27. The Labute approximate surface area is 138 Å². The highest BCUT2D eigenvalue weighted by molar-refractivity contribution is 6.31. The Balaban J connectivity index is 1.57. The van der Waals surface area contributed by atoms with Crippen LogP contribution in [-0.2, 0) is 12.8 Å². The molecule has 3 aromatic rings. The minimum absolute atomic E-state index is 0.130. The van der Waals surface area contributed by atoms with Gasteiger partial charge in [0.1, 0.15) is 5.82 Å². The second-order valence-corrected chi connectivity index (χ2v) is 6.23. The molecule has 0 saturated heterocycles. The molecule has 1 aliphatic heterocycles. The summed E-state index contributed by atoms with van der Waals surface area (Å²) in [5.74, 6) is 0.717. The van der Waals surface area contributed by atoms with Gasteiger partial charge in [0.05, 0.1) is 10.9 Å². The van der Waals surface area contributed by atoms with Gasteiger partial charge in [-0.15, -0.1) is 0 Å². The SMILES string of the molecule is O=c1[nH]c(CCN2CCc3ccccc32)nc2ccc(Cl)cc12. The largest absolute Gasteiger partial charge is 0.371 e. The number of fused-ring (bicyclic) bond motifs is 2. The van der Waals surface area contributed by atoms with Crippen molar-refractivity contribution in [3.05, 3.63) is 69.2 Å². The van der Waals surface area contributed by atoms with Crippen LogP contribution in [0.1, 0.15) is 11.4 Å². The second kappa shape index (κ2) is 5.70. The predicted molar refractivity (Wildman–Crippen MR) is 93.4 cm³/mol. The number of anilines is 1. The Kier molecular flexibility index (Phi) is 3.54. The molecule has 23 heavy (non-hydrogen) atoms. The van der Waals surface area contributed by atoms with E-state index in [1.807, 2.05) is 0 Å². The molecule has 0 amide bonds. The first-order valence-corrected chi connectivity index (χ1v) is 8.10. The lowest BCUT2D eigenvalue weighted by Gasteiger charge is -2.18. The highest BCUT2D eigenvalue weighted by Gasteiger charge is 2.18. The summed E-state index contributed by atoms with van der Waals surface area (Å²) in [7, 11) is 0. The Morgan fingerprint density at radius 2 is 2.09 bits per heavy atom. The Morgan fingerprint density at radius 1 is 1.22 bits per heavy atom. The number of H-pyrrole nitrogens is 1. The number of hydrogen-bond acceptors (Lipinski definition) is 3. The van der Waals surface area contributed by atoms with Crippen LogP contribution in [0, 0.1) is 0 Å². The normalized spacial score (nSPS) is 13.5. The van der Waals surface area contributed by atoms with Gasteiger partial charge >= 0.3 is 0 Å². The van der Waals surface area contributed by atoms with E-state index in [-0.39, 0.29) is 5.56 Å².